The molecule has 30 heavy (non-hydrogen) atoms. The van der Waals surface area contributed by atoms with Crippen molar-refractivity contribution in [1.29, 1.82) is 0 Å². The van der Waals surface area contributed by atoms with E-state index in [1.165, 1.54) is 0 Å². The van der Waals surface area contributed by atoms with Crippen molar-refractivity contribution in [3.8, 4) is 22.5 Å². The minimum absolute atomic E-state index is 0.385. The molecule has 8 nitrogen and oxygen atoms in total. The first-order valence-corrected chi connectivity index (χ1v) is 10.7. The second-order valence-corrected chi connectivity index (χ2v) is 7.71. The highest BCUT2D eigenvalue weighted by atomic mass is 16.3. The van der Waals surface area contributed by atoms with Gasteiger partial charge < -0.3 is 5.11 Å². The van der Waals surface area contributed by atoms with Gasteiger partial charge in [0.1, 0.15) is 0 Å². The van der Waals surface area contributed by atoms with Gasteiger partial charge in [0, 0.05) is 23.5 Å². The van der Waals surface area contributed by atoms with Gasteiger partial charge in [0.15, 0.2) is 0 Å². The predicted molar refractivity (Wildman–Crippen MR) is 116 cm³/mol. The number of hydrogen-bond donors (Lipinski definition) is 1. The van der Waals surface area contributed by atoms with Gasteiger partial charge in [0.05, 0.1) is 60.4 Å². The van der Waals surface area contributed by atoms with Crippen LogP contribution in [0.4, 0.5) is 0 Å². The molecule has 4 heterocycles. The number of aromatic nitrogens is 7. The fourth-order valence-electron chi connectivity index (χ4n) is 3.84. The number of aliphatic hydroxyl groups is 1. The fraction of sp³-hybridized carbons (Fsp3) is 0.455. The SMILES string of the molecule is CCC[C@H](O)Cn1cc(-c2cn3nccc3c(-c3cnn(C(CC)CC)c3)n2)cn1. The Hall–Kier alpha value is -3.00. The molecule has 0 aliphatic heterocycles. The average molecular weight is 408 g/mol. The van der Waals surface area contributed by atoms with Crippen molar-refractivity contribution in [2.24, 2.45) is 0 Å². The smallest absolute Gasteiger partial charge is 0.0999 e. The maximum absolute atomic E-state index is 10.1. The first-order chi connectivity index (χ1) is 14.6. The molecular weight excluding hydrogens is 378 g/mol. The Balaban J connectivity index is 1.70. The van der Waals surface area contributed by atoms with Crippen molar-refractivity contribution >= 4 is 5.52 Å². The minimum Gasteiger partial charge on any atom is -0.391 e. The van der Waals surface area contributed by atoms with Gasteiger partial charge in [0.2, 0.25) is 0 Å². The minimum atomic E-state index is -0.393. The monoisotopic (exact) mass is 407 g/mol. The molecule has 4 aromatic heterocycles. The van der Waals surface area contributed by atoms with Crippen LogP contribution in [0.2, 0.25) is 0 Å². The predicted octanol–water partition coefficient (Wildman–Crippen LogP) is 3.98. The third-order valence-corrected chi connectivity index (χ3v) is 5.53. The first kappa shape index (κ1) is 20.3. The van der Waals surface area contributed by atoms with Gasteiger partial charge in [0.25, 0.3) is 0 Å². The maximum atomic E-state index is 10.1. The Morgan fingerprint density at radius 3 is 2.53 bits per heavy atom. The molecule has 1 atom stereocenters. The Kier molecular flexibility index (Phi) is 5.94. The second-order valence-electron chi connectivity index (χ2n) is 7.71. The molecule has 0 unspecified atom stereocenters. The van der Waals surface area contributed by atoms with Crippen LogP contribution in [0, 0.1) is 0 Å². The van der Waals surface area contributed by atoms with Crippen molar-refractivity contribution in [2.75, 3.05) is 0 Å². The number of rotatable bonds is 9. The van der Waals surface area contributed by atoms with E-state index < -0.39 is 6.10 Å². The summed E-state index contributed by atoms with van der Waals surface area (Å²) in [6.45, 7) is 6.90. The van der Waals surface area contributed by atoms with Crippen molar-refractivity contribution < 1.29 is 5.11 Å². The van der Waals surface area contributed by atoms with Crippen molar-refractivity contribution in [1.82, 2.24) is 34.2 Å². The highest BCUT2D eigenvalue weighted by Gasteiger charge is 2.16. The highest BCUT2D eigenvalue weighted by Crippen LogP contribution is 2.28. The molecule has 0 spiro atoms. The van der Waals surface area contributed by atoms with E-state index in [2.05, 4.69) is 42.3 Å². The molecule has 0 bridgehead atoms. The largest absolute Gasteiger partial charge is 0.391 e. The zero-order valence-corrected chi connectivity index (χ0v) is 17.8. The van der Waals surface area contributed by atoms with Crippen molar-refractivity contribution in [3.05, 3.63) is 43.2 Å². The van der Waals surface area contributed by atoms with E-state index in [0.717, 1.165) is 53.7 Å². The second kappa shape index (κ2) is 8.79. The molecular formula is C22H29N7O. The molecule has 0 aliphatic carbocycles. The molecule has 1 N–H and O–H groups in total. The van der Waals surface area contributed by atoms with Gasteiger partial charge in [-0.1, -0.05) is 27.2 Å². The van der Waals surface area contributed by atoms with Gasteiger partial charge in [-0.2, -0.15) is 15.3 Å². The van der Waals surface area contributed by atoms with Crippen LogP contribution < -0.4 is 0 Å². The van der Waals surface area contributed by atoms with E-state index >= 15 is 0 Å². The van der Waals surface area contributed by atoms with Crippen LogP contribution in [0.15, 0.2) is 43.2 Å². The van der Waals surface area contributed by atoms with Gasteiger partial charge >= 0.3 is 0 Å². The first-order valence-electron chi connectivity index (χ1n) is 10.7. The standard InChI is InChI=1S/C22H29N7O/c1-4-7-19(30)14-27-12-16(10-24-27)20-15-29-21(8-9-23-29)22(26-20)17-11-25-28(13-17)18(5-2)6-3/h8-13,15,18-19,30H,4-7,14H2,1-3H3/t19-/m0/s1. The van der Waals surface area contributed by atoms with Crippen LogP contribution in [0.3, 0.4) is 0 Å². The van der Waals surface area contributed by atoms with Gasteiger partial charge in [-0.05, 0) is 25.3 Å². The molecule has 0 saturated carbocycles. The summed E-state index contributed by atoms with van der Waals surface area (Å²) in [5.74, 6) is 0. The molecule has 0 aromatic carbocycles. The lowest BCUT2D eigenvalue weighted by Gasteiger charge is -2.12. The molecule has 4 aromatic rings. The summed E-state index contributed by atoms with van der Waals surface area (Å²) in [4.78, 5) is 4.94. The molecule has 0 amide bonds. The number of hydrogen-bond acceptors (Lipinski definition) is 5. The molecule has 8 heteroatoms. The summed E-state index contributed by atoms with van der Waals surface area (Å²) >= 11 is 0. The Morgan fingerprint density at radius 2 is 1.77 bits per heavy atom. The zero-order chi connectivity index (χ0) is 21.1. The third kappa shape index (κ3) is 4.00. The highest BCUT2D eigenvalue weighted by molar-refractivity contribution is 5.78. The normalized spacial score (nSPS) is 12.8. The fourth-order valence-corrected chi connectivity index (χ4v) is 3.84. The Bertz CT molecular complexity index is 1110. The topological polar surface area (TPSA) is 86.1 Å². The zero-order valence-electron chi connectivity index (χ0n) is 17.8. The maximum Gasteiger partial charge on any atom is 0.0999 e. The summed E-state index contributed by atoms with van der Waals surface area (Å²) in [6, 6.07) is 2.35. The summed E-state index contributed by atoms with van der Waals surface area (Å²) < 4.78 is 5.65. The van der Waals surface area contributed by atoms with Crippen LogP contribution in [0.5, 0.6) is 0 Å². The quantitative estimate of drug-likeness (QED) is 0.454. The van der Waals surface area contributed by atoms with E-state index in [9.17, 15) is 5.11 Å². The lowest BCUT2D eigenvalue weighted by Crippen LogP contribution is -2.15. The van der Waals surface area contributed by atoms with E-state index in [1.54, 1.807) is 17.1 Å². The summed E-state index contributed by atoms with van der Waals surface area (Å²) in [6.07, 6.45) is 14.7. The van der Waals surface area contributed by atoms with Crippen LogP contribution in [-0.2, 0) is 6.54 Å². The Labute approximate surface area is 176 Å². The van der Waals surface area contributed by atoms with E-state index in [1.807, 2.05) is 33.9 Å². The average Bonchev–Trinajstić information content (AvgIpc) is 3.49. The van der Waals surface area contributed by atoms with Crippen LogP contribution in [-0.4, -0.2) is 45.4 Å². The van der Waals surface area contributed by atoms with E-state index in [4.69, 9.17) is 4.98 Å². The number of fused-ring (bicyclic) bond motifs is 1. The lowest BCUT2D eigenvalue weighted by atomic mass is 10.1. The van der Waals surface area contributed by atoms with E-state index in [0.29, 0.717) is 12.6 Å². The molecule has 0 saturated heterocycles. The van der Waals surface area contributed by atoms with Crippen molar-refractivity contribution in [3.63, 3.8) is 0 Å². The summed E-state index contributed by atoms with van der Waals surface area (Å²) in [5, 5.41) is 23.5. The van der Waals surface area contributed by atoms with Crippen LogP contribution in [0.1, 0.15) is 52.5 Å². The summed E-state index contributed by atoms with van der Waals surface area (Å²) in [5.41, 5.74) is 4.44. The number of nitrogens with zero attached hydrogens (tertiary/aromatic N) is 7. The van der Waals surface area contributed by atoms with Crippen LogP contribution in [0.25, 0.3) is 28.0 Å². The number of aliphatic hydroxyl groups excluding tert-OH is 1. The molecule has 0 aliphatic rings. The molecule has 0 radical (unpaired) electrons. The molecule has 0 fully saturated rings. The Morgan fingerprint density at radius 1 is 0.967 bits per heavy atom. The third-order valence-electron chi connectivity index (χ3n) is 5.53. The van der Waals surface area contributed by atoms with Gasteiger partial charge in [-0.3, -0.25) is 9.36 Å². The van der Waals surface area contributed by atoms with Gasteiger partial charge in [-0.15, -0.1) is 0 Å². The molecule has 158 valence electrons. The van der Waals surface area contributed by atoms with E-state index in [-0.39, 0.29) is 0 Å². The molecule has 4 rings (SSSR count). The summed E-state index contributed by atoms with van der Waals surface area (Å²) in [7, 11) is 0. The van der Waals surface area contributed by atoms with Crippen molar-refractivity contribution in [2.45, 2.75) is 65.1 Å². The van der Waals surface area contributed by atoms with Crippen LogP contribution >= 0.6 is 0 Å². The lowest BCUT2D eigenvalue weighted by molar-refractivity contribution is 0.139. The van der Waals surface area contributed by atoms with Gasteiger partial charge in [-0.25, -0.2) is 9.50 Å².